The molecule has 1 fully saturated rings. The van der Waals surface area contributed by atoms with Crippen LogP contribution in [0.3, 0.4) is 0 Å². The summed E-state index contributed by atoms with van der Waals surface area (Å²) in [6.07, 6.45) is 8.56. The summed E-state index contributed by atoms with van der Waals surface area (Å²) in [7, 11) is 0. The van der Waals surface area contributed by atoms with E-state index in [-0.39, 0.29) is 0 Å². The molecule has 0 saturated heterocycles. The van der Waals surface area contributed by atoms with Crippen LogP contribution in [0.15, 0.2) is 24.3 Å². The van der Waals surface area contributed by atoms with Gasteiger partial charge in [-0.25, -0.2) is 0 Å². The van der Waals surface area contributed by atoms with E-state index in [2.05, 4.69) is 32.6 Å². The van der Waals surface area contributed by atoms with E-state index in [1.54, 1.807) is 0 Å². The van der Waals surface area contributed by atoms with Gasteiger partial charge in [0.05, 0.1) is 0 Å². The second-order valence-corrected chi connectivity index (χ2v) is 3.64. The Hall–Kier alpha value is -0.520. The molecule has 1 rings (SSSR count). The van der Waals surface area contributed by atoms with Crippen LogP contribution in [-0.2, 0) is 0 Å². The summed E-state index contributed by atoms with van der Waals surface area (Å²) in [6, 6.07) is 0. The number of allylic oxidation sites excluding steroid dienone is 3. The molecule has 1 aliphatic carbocycles. The second-order valence-electron chi connectivity index (χ2n) is 3.64. The van der Waals surface area contributed by atoms with Crippen molar-refractivity contribution >= 4 is 0 Å². The monoisotopic (exact) mass is 150 g/mol. The molecular weight excluding hydrogens is 132 g/mol. The largest absolute Gasteiger partial charge is 0.0999 e. The number of rotatable bonds is 2. The van der Waals surface area contributed by atoms with Gasteiger partial charge in [0.1, 0.15) is 0 Å². The molecule has 0 radical (unpaired) electrons. The summed E-state index contributed by atoms with van der Waals surface area (Å²) in [6.45, 7) is 8.27. The lowest BCUT2D eigenvalue weighted by Gasteiger charge is -2.07. The molecule has 0 aromatic heterocycles. The van der Waals surface area contributed by atoms with Crippen molar-refractivity contribution < 1.29 is 0 Å². The molecule has 0 heterocycles. The average Bonchev–Trinajstić information content (AvgIpc) is 2.37. The fourth-order valence-corrected chi connectivity index (χ4v) is 1.91. The van der Waals surface area contributed by atoms with Gasteiger partial charge >= 0.3 is 0 Å². The zero-order valence-corrected chi connectivity index (χ0v) is 7.64. The molecular formula is C11H18. The van der Waals surface area contributed by atoms with E-state index in [0.29, 0.717) is 0 Å². The minimum Gasteiger partial charge on any atom is -0.0999 e. The Morgan fingerprint density at radius 3 is 2.64 bits per heavy atom. The Bertz CT molecular complexity index is 165. The van der Waals surface area contributed by atoms with E-state index in [4.69, 9.17) is 0 Å². The van der Waals surface area contributed by atoms with Crippen molar-refractivity contribution in [3.8, 4) is 0 Å². The van der Waals surface area contributed by atoms with Gasteiger partial charge in [-0.1, -0.05) is 24.3 Å². The third-order valence-electron chi connectivity index (χ3n) is 2.63. The van der Waals surface area contributed by atoms with Crippen LogP contribution in [0.25, 0.3) is 0 Å². The summed E-state index contributed by atoms with van der Waals surface area (Å²) in [5.41, 5.74) is 1.37. The van der Waals surface area contributed by atoms with E-state index in [1.807, 2.05) is 0 Å². The van der Waals surface area contributed by atoms with Gasteiger partial charge in [-0.3, -0.25) is 0 Å². The van der Waals surface area contributed by atoms with Gasteiger partial charge in [0, 0.05) is 0 Å². The summed E-state index contributed by atoms with van der Waals surface area (Å²) in [5.74, 6) is 1.64. The molecule has 1 aliphatic rings. The highest BCUT2D eigenvalue weighted by Crippen LogP contribution is 2.35. The van der Waals surface area contributed by atoms with Crippen molar-refractivity contribution in [3.63, 3.8) is 0 Å². The summed E-state index contributed by atoms with van der Waals surface area (Å²) < 4.78 is 0. The SMILES string of the molecule is C=C(C)C1CCC(/C=C/C)C1. The van der Waals surface area contributed by atoms with Crippen molar-refractivity contribution in [1.82, 2.24) is 0 Å². The first kappa shape index (κ1) is 8.58. The zero-order valence-electron chi connectivity index (χ0n) is 7.64. The predicted molar refractivity (Wildman–Crippen MR) is 50.5 cm³/mol. The van der Waals surface area contributed by atoms with Crippen molar-refractivity contribution in [2.75, 3.05) is 0 Å². The second kappa shape index (κ2) is 3.75. The molecule has 0 spiro atoms. The van der Waals surface area contributed by atoms with Crippen molar-refractivity contribution in [2.24, 2.45) is 11.8 Å². The van der Waals surface area contributed by atoms with Crippen LogP contribution in [0.5, 0.6) is 0 Å². The van der Waals surface area contributed by atoms with E-state index in [0.717, 1.165) is 11.8 Å². The van der Waals surface area contributed by atoms with Gasteiger partial charge in [0.15, 0.2) is 0 Å². The Balaban J connectivity index is 2.40. The smallest absolute Gasteiger partial charge is 0.0203 e. The zero-order chi connectivity index (χ0) is 8.27. The maximum Gasteiger partial charge on any atom is -0.0203 e. The van der Waals surface area contributed by atoms with E-state index in [1.165, 1.54) is 24.8 Å². The molecule has 0 aromatic carbocycles. The molecule has 2 atom stereocenters. The lowest BCUT2D eigenvalue weighted by molar-refractivity contribution is 0.612. The lowest BCUT2D eigenvalue weighted by atomic mass is 9.99. The van der Waals surface area contributed by atoms with Gasteiger partial charge in [0.25, 0.3) is 0 Å². The highest BCUT2D eigenvalue weighted by molar-refractivity contribution is 5.03. The van der Waals surface area contributed by atoms with E-state index >= 15 is 0 Å². The maximum absolute atomic E-state index is 4.01. The normalized spacial score (nSPS) is 31.5. The van der Waals surface area contributed by atoms with Crippen LogP contribution in [-0.4, -0.2) is 0 Å². The minimum absolute atomic E-state index is 0.802. The minimum atomic E-state index is 0.802. The first-order chi connectivity index (χ1) is 5.24. The average molecular weight is 150 g/mol. The fourth-order valence-electron chi connectivity index (χ4n) is 1.91. The molecule has 11 heavy (non-hydrogen) atoms. The molecule has 1 saturated carbocycles. The van der Waals surface area contributed by atoms with Crippen LogP contribution in [0.4, 0.5) is 0 Å². The Morgan fingerprint density at radius 1 is 1.45 bits per heavy atom. The first-order valence-corrected chi connectivity index (χ1v) is 4.52. The van der Waals surface area contributed by atoms with Crippen LogP contribution in [0.1, 0.15) is 33.1 Å². The molecule has 0 bridgehead atoms. The lowest BCUT2D eigenvalue weighted by Crippen LogP contribution is -1.94. The Kier molecular flexibility index (Phi) is 2.92. The predicted octanol–water partition coefficient (Wildman–Crippen LogP) is 3.55. The molecule has 62 valence electrons. The van der Waals surface area contributed by atoms with Crippen LogP contribution in [0.2, 0.25) is 0 Å². The molecule has 2 unspecified atom stereocenters. The highest BCUT2D eigenvalue weighted by Gasteiger charge is 2.22. The summed E-state index contributed by atoms with van der Waals surface area (Å²) >= 11 is 0. The third kappa shape index (κ3) is 2.21. The van der Waals surface area contributed by atoms with Gasteiger partial charge in [-0.15, -0.1) is 0 Å². The Morgan fingerprint density at radius 2 is 2.18 bits per heavy atom. The summed E-state index contributed by atoms with van der Waals surface area (Å²) in [4.78, 5) is 0. The van der Waals surface area contributed by atoms with Crippen LogP contribution < -0.4 is 0 Å². The van der Waals surface area contributed by atoms with Gasteiger partial charge < -0.3 is 0 Å². The highest BCUT2D eigenvalue weighted by atomic mass is 14.3. The van der Waals surface area contributed by atoms with Gasteiger partial charge in [-0.2, -0.15) is 0 Å². The molecule has 0 N–H and O–H groups in total. The quantitative estimate of drug-likeness (QED) is 0.528. The maximum atomic E-state index is 4.01. The molecule has 0 aromatic rings. The number of hydrogen-bond acceptors (Lipinski definition) is 0. The molecule has 0 nitrogen and oxygen atoms in total. The van der Waals surface area contributed by atoms with Crippen LogP contribution >= 0.6 is 0 Å². The molecule has 0 heteroatoms. The molecule has 0 amide bonds. The van der Waals surface area contributed by atoms with E-state index in [9.17, 15) is 0 Å². The van der Waals surface area contributed by atoms with Gasteiger partial charge in [-0.05, 0) is 44.9 Å². The summed E-state index contributed by atoms with van der Waals surface area (Å²) in [5, 5.41) is 0. The van der Waals surface area contributed by atoms with Crippen molar-refractivity contribution in [1.29, 1.82) is 0 Å². The topological polar surface area (TPSA) is 0 Å². The standard InChI is InChI=1S/C11H18/c1-4-5-10-6-7-11(8-10)9(2)3/h4-5,10-11H,2,6-8H2,1,3H3/b5-4+. The van der Waals surface area contributed by atoms with Crippen LogP contribution in [0, 0.1) is 11.8 Å². The van der Waals surface area contributed by atoms with E-state index < -0.39 is 0 Å². The first-order valence-electron chi connectivity index (χ1n) is 4.52. The number of hydrogen-bond donors (Lipinski definition) is 0. The van der Waals surface area contributed by atoms with Gasteiger partial charge in [0.2, 0.25) is 0 Å². The Labute approximate surface area is 70.0 Å². The molecule has 0 aliphatic heterocycles. The van der Waals surface area contributed by atoms with Crippen molar-refractivity contribution in [3.05, 3.63) is 24.3 Å². The van der Waals surface area contributed by atoms with Crippen molar-refractivity contribution in [2.45, 2.75) is 33.1 Å². The third-order valence-corrected chi connectivity index (χ3v) is 2.63. The fraction of sp³-hybridized carbons (Fsp3) is 0.636.